The average molecular weight is 257 g/mol. The van der Waals surface area contributed by atoms with Gasteiger partial charge in [-0.3, -0.25) is 4.79 Å². The second-order valence-corrected chi connectivity index (χ2v) is 3.98. The lowest BCUT2D eigenvalue weighted by molar-refractivity contribution is -0.158. The van der Waals surface area contributed by atoms with E-state index in [9.17, 15) is 9.59 Å². The van der Waals surface area contributed by atoms with Crippen molar-refractivity contribution in [2.45, 2.75) is 6.10 Å². The fourth-order valence-corrected chi connectivity index (χ4v) is 1.94. The predicted octanol–water partition coefficient (Wildman–Crippen LogP) is -0.448. The van der Waals surface area contributed by atoms with Gasteiger partial charge in [-0.25, -0.2) is 4.79 Å². The number of rotatable bonds is 2. The normalized spacial score (nSPS) is 20.1. The van der Waals surface area contributed by atoms with E-state index in [1.165, 1.54) is 18.2 Å². The van der Waals surface area contributed by atoms with Gasteiger partial charge < -0.3 is 14.4 Å². The maximum atomic E-state index is 11.9. The minimum atomic E-state index is -0.718. The molecule has 0 aliphatic carbocycles. The van der Waals surface area contributed by atoms with E-state index >= 15 is 0 Å². The van der Waals surface area contributed by atoms with E-state index in [0.29, 0.717) is 18.8 Å². The van der Waals surface area contributed by atoms with E-state index < -0.39 is 12.1 Å². The molecule has 2 rings (SSSR count). The van der Waals surface area contributed by atoms with Crippen molar-refractivity contribution < 1.29 is 19.1 Å². The van der Waals surface area contributed by atoms with E-state index in [4.69, 9.17) is 4.74 Å². The second kappa shape index (κ2) is 5.19. The topological polar surface area (TPSA) is 81.6 Å². The quantitative estimate of drug-likeness (QED) is 0.668. The van der Waals surface area contributed by atoms with E-state index in [0.717, 1.165) is 11.7 Å². The molecule has 0 aromatic carbocycles. The number of carbonyl (C=O) groups is 2. The number of ether oxygens (including phenoxy) is 2. The van der Waals surface area contributed by atoms with Crippen LogP contribution in [0.15, 0.2) is 6.20 Å². The van der Waals surface area contributed by atoms with Gasteiger partial charge in [0.05, 0.1) is 38.2 Å². The Morgan fingerprint density at radius 3 is 3.12 bits per heavy atom. The number of morpholine rings is 1. The molecule has 8 heteroatoms. The summed E-state index contributed by atoms with van der Waals surface area (Å²) in [7, 11) is 1.29. The zero-order valence-electron chi connectivity index (χ0n) is 9.16. The Labute approximate surface area is 102 Å². The average Bonchev–Trinajstić information content (AvgIpc) is 2.91. The number of carbonyl (C=O) groups excluding carboxylic acids is 2. The monoisotopic (exact) mass is 257 g/mol. The predicted molar refractivity (Wildman–Crippen MR) is 57.6 cm³/mol. The lowest BCUT2D eigenvalue weighted by atomic mass is 10.2. The second-order valence-electron chi connectivity index (χ2n) is 3.43. The first kappa shape index (κ1) is 11.9. The molecule has 0 radical (unpaired) electrons. The van der Waals surface area contributed by atoms with Gasteiger partial charge in [-0.15, -0.1) is 0 Å². The summed E-state index contributed by atoms with van der Waals surface area (Å²) in [5, 5.41) is 0. The van der Waals surface area contributed by atoms with Crippen LogP contribution >= 0.6 is 11.7 Å². The minimum absolute atomic E-state index is 0.184. The van der Waals surface area contributed by atoms with Crippen molar-refractivity contribution in [1.82, 2.24) is 13.6 Å². The Bertz CT molecular complexity index is 408. The van der Waals surface area contributed by atoms with Crippen molar-refractivity contribution in [2.75, 3.05) is 26.8 Å². The minimum Gasteiger partial charge on any atom is -0.467 e. The molecular weight excluding hydrogens is 246 g/mol. The summed E-state index contributed by atoms with van der Waals surface area (Å²) in [6.07, 6.45) is 0.694. The van der Waals surface area contributed by atoms with Crippen molar-refractivity contribution in [3.8, 4) is 0 Å². The number of methoxy groups -OCH3 is 1. The molecule has 1 fully saturated rings. The molecule has 0 spiro atoms. The van der Waals surface area contributed by atoms with Crippen molar-refractivity contribution in [1.29, 1.82) is 0 Å². The van der Waals surface area contributed by atoms with Crippen LogP contribution in [-0.4, -0.2) is 58.4 Å². The van der Waals surface area contributed by atoms with Crippen LogP contribution in [0.1, 0.15) is 10.5 Å². The van der Waals surface area contributed by atoms with Gasteiger partial charge >= 0.3 is 5.97 Å². The van der Waals surface area contributed by atoms with Crippen LogP contribution in [0.25, 0.3) is 0 Å². The third-order valence-corrected chi connectivity index (χ3v) is 2.88. The SMILES string of the molecule is COC(=O)C1CN(C(=O)c2cnsn2)CCO1. The highest BCUT2D eigenvalue weighted by Crippen LogP contribution is 2.10. The summed E-state index contributed by atoms with van der Waals surface area (Å²) in [6, 6.07) is 0. The first-order valence-corrected chi connectivity index (χ1v) is 5.71. The summed E-state index contributed by atoms with van der Waals surface area (Å²) in [6.45, 7) is 0.927. The molecule has 0 N–H and O–H groups in total. The summed E-state index contributed by atoms with van der Waals surface area (Å²) < 4.78 is 17.4. The number of hydrogen-bond acceptors (Lipinski definition) is 7. The third-order valence-electron chi connectivity index (χ3n) is 2.40. The van der Waals surface area contributed by atoms with E-state index in [1.54, 1.807) is 0 Å². The zero-order chi connectivity index (χ0) is 12.3. The van der Waals surface area contributed by atoms with Crippen LogP contribution in [0.2, 0.25) is 0 Å². The smallest absolute Gasteiger partial charge is 0.336 e. The molecule has 1 saturated heterocycles. The fraction of sp³-hybridized carbons (Fsp3) is 0.556. The van der Waals surface area contributed by atoms with E-state index in [-0.39, 0.29) is 12.5 Å². The molecule has 0 saturated carbocycles. The molecule has 0 bridgehead atoms. The number of aromatic nitrogens is 2. The number of amides is 1. The van der Waals surface area contributed by atoms with Crippen LogP contribution in [-0.2, 0) is 14.3 Å². The Morgan fingerprint density at radius 2 is 2.47 bits per heavy atom. The number of esters is 1. The first-order valence-electron chi connectivity index (χ1n) is 4.98. The van der Waals surface area contributed by atoms with Gasteiger partial charge in [-0.1, -0.05) is 0 Å². The van der Waals surface area contributed by atoms with Gasteiger partial charge in [-0.05, 0) is 0 Å². The van der Waals surface area contributed by atoms with Crippen LogP contribution in [0.5, 0.6) is 0 Å². The Kier molecular flexibility index (Phi) is 3.64. The number of hydrogen-bond donors (Lipinski definition) is 0. The molecule has 1 aromatic rings. The van der Waals surface area contributed by atoms with E-state index in [1.807, 2.05) is 0 Å². The maximum absolute atomic E-state index is 11.9. The Balaban J connectivity index is 2.02. The molecule has 1 amide bonds. The van der Waals surface area contributed by atoms with Crippen LogP contribution in [0, 0.1) is 0 Å². The summed E-state index contributed by atoms with van der Waals surface area (Å²) in [5.41, 5.74) is 0.292. The van der Waals surface area contributed by atoms with E-state index in [2.05, 4.69) is 13.5 Å². The molecule has 1 aliphatic heterocycles. The van der Waals surface area contributed by atoms with Gasteiger partial charge in [0.1, 0.15) is 0 Å². The fourth-order valence-electron chi connectivity index (χ4n) is 1.53. The standard InChI is InChI=1S/C9H11N3O4S/c1-15-9(14)7-5-12(2-3-16-7)8(13)6-4-10-17-11-6/h4,7H,2-3,5H2,1H3. The maximum Gasteiger partial charge on any atom is 0.336 e. The number of nitrogens with zero attached hydrogens (tertiary/aromatic N) is 3. The first-order chi connectivity index (χ1) is 8.22. The molecule has 92 valence electrons. The van der Waals surface area contributed by atoms with Gasteiger partial charge in [0, 0.05) is 6.54 Å². The van der Waals surface area contributed by atoms with Gasteiger partial charge in [0.2, 0.25) is 0 Å². The largest absolute Gasteiger partial charge is 0.467 e. The molecule has 1 aliphatic rings. The van der Waals surface area contributed by atoms with Gasteiger partial charge in [0.25, 0.3) is 5.91 Å². The highest BCUT2D eigenvalue weighted by atomic mass is 32.1. The summed E-state index contributed by atoms with van der Waals surface area (Å²) in [4.78, 5) is 24.8. The van der Waals surface area contributed by atoms with Gasteiger partial charge in [-0.2, -0.15) is 8.75 Å². The van der Waals surface area contributed by atoms with Crippen molar-refractivity contribution in [2.24, 2.45) is 0 Å². The van der Waals surface area contributed by atoms with Crippen LogP contribution < -0.4 is 0 Å². The Morgan fingerprint density at radius 1 is 1.65 bits per heavy atom. The van der Waals surface area contributed by atoms with Crippen molar-refractivity contribution in [3.63, 3.8) is 0 Å². The third kappa shape index (κ3) is 2.59. The molecular formula is C9H11N3O4S. The molecule has 17 heavy (non-hydrogen) atoms. The molecule has 2 heterocycles. The highest BCUT2D eigenvalue weighted by Gasteiger charge is 2.31. The van der Waals surface area contributed by atoms with Crippen LogP contribution in [0.4, 0.5) is 0 Å². The van der Waals surface area contributed by atoms with Crippen molar-refractivity contribution >= 4 is 23.6 Å². The van der Waals surface area contributed by atoms with Crippen LogP contribution in [0.3, 0.4) is 0 Å². The lowest BCUT2D eigenvalue weighted by Crippen LogP contribution is -2.49. The molecule has 7 nitrogen and oxygen atoms in total. The zero-order valence-corrected chi connectivity index (χ0v) is 9.98. The molecule has 1 unspecified atom stereocenters. The molecule has 1 aromatic heterocycles. The Hall–Kier alpha value is -1.54. The molecule has 1 atom stereocenters. The van der Waals surface area contributed by atoms with Gasteiger partial charge in [0.15, 0.2) is 11.8 Å². The summed E-state index contributed by atoms with van der Waals surface area (Å²) in [5.74, 6) is -0.713. The lowest BCUT2D eigenvalue weighted by Gasteiger charge is -2.30. The summed E-state index contributed by atoms with van der Waals surface area (Å²) >= 11 is 0.973. The van der Waals surface area contributed by atoms with Crippen molar-refractivity contribution in [3.05, 3.63) is 11.9 Å². The highest BCUT2D eigenvalue weighted by molar-refractivity contribution is 6.99.